The molecule has 0 saturated heterocycles. The van der Waals surface area contributed by atoms with Gasteiger partial charge in [0.2, 0.25) is 0 Å². The number of nitrogens with one attached hydrogen (secondary N) is 1. The van der Waals surface area contributed by atoms with Gasteiger partial charge in [-0.3, -0.25) is 0 Å². The summed E-state index contributed by atoms with van der Waals surface area (Å²) in [5.41, 5.74) is 4.15. The van der Waals surface area contributed by atoms with Crippen LogP contribution in [0.4, 0.5) is 4.39 Å². The molecule has 0 bridgehead atoms. The molecule has 1 N–H and O–H groups in total. The van der Waals surface area contributed by atoms with Gasteiger partial charge in [0.25, 0.3) is 0 Å². The first-order valence-electron chi connectivity index (χ1n) is 9.97. The minimum Gasteiger partial charge on any atom is -0.311 e. The van der Waals surface area contributed by atoms with E-state index in [0.29, 0.717) is 22.2 Å². The molecule has 4 rings (SSSR count). The lowest BCUT2D eigenvalue weighted by Gasteiger charge is -2.06. The molecule has 31 heavy (non-hydrogen) atoms. The Bertz CT molecular complexity index is 1160. The van der Waals surface area contributed by atoms with E-state index >= 15 is 0 Å². The highest BCUT2D eigenvalue weighted by atomic mass is 35.5. The third kappa shape index (κ3) is 5.50. The number of nitrogens with zero attached hydrogens (tertiary/aromatic N) is 3. The summed E-state index contributed by atoms with van der Waals surface area (Å²) >= 11 is 12.2. The van der Waals surface area contributed by atoms with Crippen molar-refractivity contribution in [2.45, 2.75) is 19.5 Å². The van der Waals surface area contributed by atoms with Crippen molar-refractivity contribution in [2.24, 2.45) is 0 Å². The Kier molecular flexibility index (Phi) is 6.97. The molecule has 0 saturated carbocycles. The van der Waals surface area contributed by atoms with Gasteiger partial charge in [-0.15, -0.1) is 0 Å². The van der Waals surface area contributed by atoms with Gasteiger partial charge in [-0.2, -0.15) is 15.0 Å². The second-order valence-corrected chi connectivity index (χ2v) is 7.99. The highest BCUT2D eigenvalue weighted by Crippen LogP contribution is 2.22. The van der Waals surface area contributed by atoms with Crippen LogP contribution in [0.15, 0.2) is 72.8 Å². The Morgan fingerprint density at radius 2 is 1.65 bits per heavy atom. The van der Waals surface area contributed by atoms with Gasteiger partial charge in [-0.1, -0.05) is 77.8 Å². The minimum absolute atomic E-state index is 0.263. The van der Waals surface area contributed by atoms with Gasteiger partial charge in [0.15, 0.2) is 0 Å². The molecular weight excluding hydrogens is 434 g/mol. The third-order valence-corrected chi connectivity index (χ3v) is 5.51. The molecule has 0 aliphatic heterocycles. The molecule has 0 radical (unpaired) electrons. The Labute approximate surface area is 190 Å². The van der Waals surface area contributed by atoms with Crippen molar-refractivity contribution < 1.29 is 4.39 Å². The summed E-state index contributed by atoms with van der Waals surface area (Å²) < 4.78 is 14.1. The van der Waals surface area contributed by atoms with Crippen LogP contribution in [0.25, 0.3) is 11.3 Å². The Morgan fingerprint density at radius 1 is 0.871 bits per heavy atom. The Morgan fingerprint density at radius 3 is 2.42 bits per heavy atom. The fraction of sp³-hybridized carbons (Fsp3) is 0.167. The lowest BCUT2D eigenvalue weighted by molar-refractivity contribution is 0.543. The van der Waals surface area contributed by atoms with Crippen molar-refractivity contribution in [2.75, 3.05) is 6.54 Å². The Balaban J connectivity index is 1.48. The zero-order valence-corrected chi connectivity index (χ0v) is 18.2. The highest BCUT2D eigenvalue weighted by Gasteiger charge is 2.14. The van der Waals surface area contributed by atoms with E-state index in [9.17, 15) is 4.39 Å². The molecule has 4 nitrogen and oxygen atoms in total. The third-order valence-electron chi connectivity index (χ3n) is 4.92. The number of hydrogen-bond acceptors (Lipinski definition) is 3. The van der Waals surface area contributed by atoms with Gasteiger partial charge in [-0.05, 0) is 36.7 Å². The van der Waals surface area contributed by atoms with Gasteiger partial charge < -0.3 is 5.32 Å². The van der Waals surface area contributed by atoms with Crippen LogP contribution in [-0.2, 0) is 19.5 Å². The fourth-order valence-corrected chi connectivity index (χ4v) is 3.83. The maximum Gasteiger partial charge on any atom is 0.128 e. The van der Waals surface area contributed by atoms with E-state index in [2.05, 4.69) is 15.5 Å². The lowest BCUT2D eigenvalue weighted by atomic mass is 10.1. The van der Waals surface area contributed by atoms with E-state index < -0.39 is 0 Å². The second-order valence-electron chi connectivity index (χ2n) is 7.15. The summed E-state index contributed by atoms with van der Waals surface area (Å²) in [6.45, 7) is 1.52. The number of hydrogen-bond donors (Lipinski definition) is 1. The molecule has 7 heteroatoms. The molecule has 0 unspecified atom stereocenters. The quantitative estimate of drug-likeness (QED) is 0.343. The van der Waals surface area contributed by atoms with Crippen LogP contribution >= 0.6 is 23.2 Å². The Hall–Kier alpha value is -2.73. The zero-order chi connectivity index (χ0) is 21.6. The van der Waals surface area contributed by atoms with Gasteiger partial charge in [-0.25, -0.2) is 4.39 Å². The average Bonchev–Trinajstić information content (AvgIpc) is 3.17. The summed E-state index contributed by atoms with van der Waals surface area (Å²) in [5.74, 6) is -0.263. The summed E-state index contributed by atoms with van der Waals surface area (Å²) in [5, 5.41) is 14.0. The minimum atomic E-state index is -0.263. The molecular formula is C24H21Cl2FN4. The standard InChI is InChI=1S/C24H21Cl2FN4/c25-20-11-10-17(21(26)14-20)12-13-28-15-23-24(18-6-2-1-3-7-18)30-31(29-23)16-19-8-4-5-9-22(19)27/h1-11,14,28H,12-13,15-16H2. The predicted molar refractivity (Wildman–Crippen MR) is 123 cm³/mol. The van der Waals surface area contributed by atoms with Crippen LogP contribution in [-0.4, -0.2) is 21.5 Å². The van der Waals surface area contributed by atoms with Gasteiger partial charge >= 0.3 is 0 Å². The van der Waals surface area contributed by atoms with E-state index in [1.54, 1.807) is 23.0 Å². The number of halogens is 3. The van der Waals surface area contributed by atoms with Crippen LogP contribution in [0.2, 0.25) is 10.0 Å². The number of aromatic nitrogens is 3. The summed E-state index contributed by atoms with van der Waals surface area (Å²) in [6, 6.07) is 22.1. The van der Waals surface area contributed by atoms with E-state index in [0.717, 1.165) is 35.5 Å². The summed E-state index contributed by atoms with van der Waals surface area (Å²) in [6.07, 6.45) is 0.764. The monoisotopic (exact) mass is 454 g/mol. The van der Waals surface area contributed by atoms with Crippen LogP contribution in [0, 0.1) is 5.82 Å². The average molecular weight is 455 g/mol. The molecule has 0 spiro atoms. The highest BCUT2D eigenvalue weighted by molar-refractivity contribution is 6.35. The zero-order valence-electron chi connectivity index (χ0n) is 16.7. The molecule has 0 amide bonds. The molecule has 0 aliphatic carbocycles. The van der Waals surface area contributed by atoms with E-state index in [1.165, 1.54) is 6.07 Å². The lowest BCUT2D eigenvalue weighted by Crippen LogP contribution is -2.18. The first-order chi connectivity index (χ1) is 15.1. The van der Waals surface area contributed by atoms with Crippen LogP contribution in [0.1, 0.15) is 16.8 Å². The number of rotatable bonds is 8. The topological polar surface area (TPSA) is 42.7 Å². The van der Waals surface area contributed by atoms with E-state index in [4.69, 9.17) is 23.2 Å². The van der Waals surface area contributed by atoms with Crippen molar-refractivity contribution in [3.63, 3.8) is 0 Å². The van der Waals surface area contributed by atoms with Crippen molar-refractivity contribution in [3.8, 4) is 11.3 Å². The summed E-state index contributed by atoms with van der Waals surface area (Å²) in [7, 11) is 0. The second kappa shape index (κ2) is 10.1. The SMILES string of the molecule is Fc1ccccc1Cn1nc(CNCCc2ccc(Cl)cc2Cl)c(-c2ccccc2)n1. The first-order valence-corrected chi connectivity index (χ1v) is 10.7. The molecule has 4 aromatic rings. The van der Waals surface area contributed by atoms with Gasteiger partial charge in [0.05, 0.1) is 6.54 Å². The van der Waals surface area contributed by atoms with Gasteiger partial charge in [0.1, 0.15) is 17.2 Å². The molecule has 158 valence electrons. The summed E-state index contributed by atoms with van der Waals surface area (Å²) in [4.78, 5) is 1.55. The molecule has 1 heterocycles. The predicted octanol–water partition coefficient (Wildman–Crippen LogP) is 5.77. The number of benzene rings is 3. The largest absolute Gasteiger partial charge is 0.311 e. The van der Waals surface area contributed by atoms with Crippen LogP contribution in [0.5, 0.6) is 0 Å². The van der Waals surface area contributed by atoms with Crippen molar-refractivity contribution in [1.82, 2.24) is 20.3 Å². The van der Waals surface area contributed by atoms with Gasteiger partial charge in [0, 0.05) is 27.7 Å². The van der Waals surface area contributed by atoms with Crippen molar-refractivity contribution in [3.05, 3.63) is 105 Å². The smallest absolute Gasteiger partial charge is 0.128 e. The normalized spacial score (nSPS) is 11.1. The first kappa shape index (κ1) is 21.5. The van der Waals surface area contributed by atoms with Crippen LogP contribution in [0.3, 0.4) is 0 Å². The molecule has 3 aromatic carbocycles. The molecule has 1 aromatic heterocycles. The maximum atomic E-state index is 14.1. The van der Waals surface area contributed by atoms with Crippen LogP contribution < -0.4 is 5.32 Å². The fourth-order valence-electron chi connectivity index (χ4n) is 3.33. The van der Waals surface area contributed by atoms with E-state index in [-0.39, 0.29) is 12.4 Å². The van der Waals surface area contributed by atoms with Crippen molar-refractivity contribution in [1.29, 1.82) is 0 Å². The molecule has 0 aliphatic rings. The van der Waals surface area contributed by atoms with Crippen molar-refractivity contribution >= 4 is 23.2 Å². The molecule has 0 atom stereocenters. The molecule has 0 fully saturated rings. The maximum absolute atomic E-state index is 14.1. The van der Waals surface area contributed by atoms with E-state index in [1.807, 2.05) is 48.5 Å².